The van der Waals surface area contributed by atoms with Gasteiger partial charge in [0, 0.05) is 18.4 Å². The number of hydrogen-bond acceptors (Lipinski definition) is 3. The van der Waals surface area contributed by atoms with Crippen LogP contribution in [-0.4, -0.2) is 18.4 Å². The molecule has 0 heterocycles. The number of unbranched alkanes of at least 4 members (excludes halogenated alkanes) is 3. The molecule has 0 spiro atoms. The first-order valence-electron chi connectivity index (χ1n) is 9.05. The van der Waals surface area contributed by atoms with Crippen molar-refractivity contribution in [2.24, 2.45) is 0 Å². The summed E-state index contributed by atoms with van der Waals surface area (Å²) in [5.74, 6) is 0.0575. The molecule has 0 aliphatic rings. The van der Waals surface area contributed by atoms with Crippen LogP contribution in [0.1, 0.15) is 55.8 Å². The fraction of sp³-hybridized carbons (Fsp3) is 0.364. The molecule has 3 nitrogen and oxygen atoms in total. The first-order valence-corrected chi connectivity index (χ1v) is 9.05. The first kappa shape index (κ1) is 18.9. The standard InChI is InChI=1S/C22H26O3/c1-2-25-22(24)13-9-4-3-8-12-21(23)20-16-14-19(15-17-20)18-10-6-5-7-11-18/h5-7,10-11,14-17H,2-4,8-9,12-13H2,1H3. The first-order chi connectivity index (χ1) is 12.2. The van der Waals surface area contributed by atoms with E-state index in [0.29, 0.717) is 19.4 Å². The van der Waals surface area contributed by atoms with Crippen LogP contribution in [0.3, 0.4) is 0 Å². The van der Waals surface area contributed by atoms with Gasteiger partial charge in [0.2, 0.25) is 0 Å². The second kappa shape index (κ2) is 10.4. The summed E-state index contributed by atoms with van der Waals surface area (Å²) < 4.78 is 4.89. The molecule has 0 atom stereocenters. The SMILES string of the molecule is CCOC(=O)CCCCCCC(=O)c1ccc(-c2ccccc2)cc1. The molecule has 2 rings (SSSR count). The fourth-order valence-electron chi connectivity index (χ4n) is 2.77. The molecule has 0 saturated carbocycles. The van der Waals surface area contributed by atoms with Crippen molar-refractivity contribution in [1.29, 1.82) is 0 Å². The van der Waals surface area contributed by atoms with Crippen LogP contribution in [-0.2, 0) is 9.53 Å². The van der Waals surface area contributed by atoms with Crippen LogP contribution in [0.2, 0.25) is 0 Å². The Bertz CT molecular complexity index is 659. The summed E-state index contributed by atoms with van der Waals surface area (Å²) >= 11 is 0. The third-order valence-electron chi connectivity index (χ3n) is 4.15. The van der Waals surface area contributed by atoms with Gasteiger partial charge < -0.3 is 4.74 Å². The van der Waals surface area contributed by atoms with Crippen molar-refractivity contribution in [3.8, 4) is 11.1 Å². The third kappa shape index (κ3) is 6.54. The average Bonchev–Trinajstić information content (AvgIpc) is 2.65. The topological polar surface area (TPSA) is 43.4 Å². The van der Waals surface area contributed by atoms with Gasteiger partial charge in [-0.15, -0.1) is 0 Å². The van der Waals surface area contributed by atoms with E-state index in [-0.39, 0.29) is 11.8 Å². The lowest BCUT2D eigenvalue weighted by molar-refractivity contribution is -0.143. The molecule has 0 bridgehead atoms. The van der Waals surface area contributed by atoms with Gasteiger partial charge >= 0.3 is 5.97 Å². The lowest BCUT2D eigenvalue weighted by atomic mass is 10.00. The monoisotopic (exact) mass is 338 g/mol. The van der Waals surface area contributed by atoms with Gasteiger partial charge in [0.25, 0.3) is 0 Å². The summed E-state index contributed by atoms with van der Waals surface area (Å²) in [6, 6.07) is 18.0. The fourth-order valence-corrected chi connectivity index (χ4v) is 2.77. The normalized spacial score (nSPS) is 10.4. The van der Waals surface area contributed by atoms with Crippen LogP contribution < -0.4 is 0 Å². The minimum atomic E-state index is -0.128. The number of esters is 1. The zero-order chi connectivity index (χ0) is 17.9. The molecular weight excluding hydrogens is 312 g/mol. The smallest absolute Gasteiger partial charge is 0.305 e. The zero-order valence-electron chi connectivity index (χ0n) is 14.9. The van der Waals surface area contributed by atoms with Crippen molar-refractivity contribution in [3.63, 3.8) is 0 Å². The Morgan fingerprint density at radius 1 is 0.760 bits per heavy atom. The van der Waals surface area contributed by atoms with Crippen molar-refractivity contribution in [3.05, 3.63) is 60.2 Å². The number of Topliss-reactive ketones (excluding diaryl/α,β-unsaturated/α-hetero) is 1. The van der Waals surface area contributed by atoms with Crippen LogP contribution >= 0.6 is 0 Å². The van der Waals surface area contributed by atoms with Gasteiger partial charge in [-0.25, -0.2) is 0 Å². The molecule has 0 aromatic heterocycles. The van der Waals surface area contributed by atoms with Gasteiger partial charge in [0.1, 0.15) is 0 Å². The van der Waals surface area contributed by atoms with Crippen LogP contribution in [0.5, 0.6) is 0 Å². The van der Waals surface area contributed by atoms with E-state index in [1.807, 2.05) is 49.4 Å². The number of ether oxygens (including phenoxy) is 1. The minimum absolute atomic E-state index is 0.128. The van der Waals surface area contributed by atoms with Crippen molar-refractivity contribution in [1.82, 2.24) is 0 Å². The van der Waals surface area contributed by atoms with E-state index in [4.69, 9.17) is 4.74 Å². The molecule has 25 heavy (non-hydrogen) atoms. The predicted molar refractivity (Wildman–Crippen MR) is 101 cm³/mol. The second-order valence-electron chi connectivity index (χ2n) is 6.09. The molecule has 2 aromatic carbocycles. The molecule has 0 N–H and O–H groups in total. The van der Waals surface area contributed by atoms with Gasteiger partial charge in [-0.2, -0.15) is 0 Å². The maximum Gasteiger partial charge on any atom is 0.305 e. The number of ketones is 1. The largest absolute Gasteiger partial charge is 0.466 e. The summed E-state index contributed by atoms with van der Waals surface area (Å²) in [4.78, 5) is 23.5. The summed E-state index contributed by atoms with van der Waals surface area (Å²) in [5, 5.41) is 0. The van der Waals surface area contributed by atoms with Gasteiger partial charge in [-0.1, -0.05) is 67.4 Å². The maximum absolute atomic E-state index is 12.2. The van der Waals surface area contributed by atoms with E-state index in [0.717, 1.165) is 42.4 Å². The molecule has 132 valence electrons. The Morgan fingerprint density at radius 3 is 2.00 bits per heavy atom. The quantitative estimate of drug-likeness (QED) is 0.329. The van der Waals surface area contributed by atoms with E-state index >= 15 is 0 Å². The van der Waals surface area contributed by atoms with E-state index in [1.165, 1.54) is 0 Å². The number of hydrogen-bond donors (Lipinski definition) is 0. The number of rotatable bonds is 10. The number of carbonyl (C=O) groups excluding carboxylic acids is 2. The molecule has 0 amide bonds. The van der Waals surface area contributed by atoms with Crippen LogP contribution in [0.25, 0.3) is 11.1 Å². The lowest BCUT2D eigenvalue weighted by Gasteiger charge is -2.05. The molecule has 0 saturated heterocycles. The van der Waals surface area contributed by atoms with Crippen molar-refractivity contribution in [2.45, 2.75) is 45.4 Å². The summed E-state index contributed by atoms with van der Waals surface area (Å²) in [6.45, 7) is 2.26. The van der Waals surface area contributed by atoms with Crippen LogP contribution in [0, 0.1) is 0 Å². The Morgan fingerprint density at radius 2 is 1.36 bits per heavy atom. The highest BCUT2D eigenvalue weighted by Gasteiger charge is 2.07. The van der Waals surface area contributed by atoms with Gasteiger partial charge in [-0.3, -0.25) is 9.59 Å². The molecule has 3 heteroatoms. The second-order valence-corrected chi connectivity index (χ2v) is 6.09. The van der Waals surface area contributed by atoms with Crippen molar-refractivity contribution in [2.75, 3.05) is 6.61 Å². The Balaban J connectivity index is 1.70. The Labute approximate surface area is 150 Å². The Kier molecular flexibility index (Phi) is 7.90. The van der Waals surface area contributed by atoms with E-state index in [9.17, 15) is 9.59 Å². The summed E-state index contributed by atoms with van der Waals surface area (Å²) in [6.07, 6.45) is 4.65. The van der Waals surface area contributed by atoms with Crippen molar-refractivity contribution >= 4 is 11.8 Å². The van der Waals surface area contributed by atoms with Gasteiger partial charge in [-0.05, 0) is 30.9 Å². The molecule has 0 radical (unpaired) electrons. The highest BCUT2D eigenvalue weighted by Crippen LogP contribution is 2.20. The van der Waals surface area contributed by atoms with Gasteiger partial charge in [0.15, 0.2) is 5.78 Å². The highest BCUT2D eigenvalue weighted by molar-refractivity contribution is 5.96. The maximum atomic E-state index is 12.2. The van der Waals surface area contributed by atoms with Gasteiger partial charge in [0.05, 0.1) is 6.61 Å². The summed E-state index contributed by atoms with van der Waals surface area (Å²) in [7, 11) is 0. The zero-order valence-corrected chi connectivity index (χ0v) is 14.9. The minimum Gasteiger partial charge on any atom is -0.466 e. The number of benzene rings is 2. The number of carbonyl (C=O) groups is 2. The van der Waals surface area contributed by atoms with E-state index < -0.39 is 0 Å². The van der Waals surface area contributed by atoms with Crippen LogP contribution in [0.4, 0.5) is 0 Å². The summed E-state index contributed by atoms with van der Waals surface area (Å²) in [5.41, 5.74) is 3.05. The molecule has 0 aliphatic heterocycles. The molecule has 0 fully saturated rings. The average molecular weight is 338 g/mol. The molecule has 0 unspecified atom stereocenters. The van der Waals surface area contributed by atoms with E-state index in [1.54, 1.807) is 0 Å². The van der Waals surface area contributed by atoms with Crippen LogP contribution in [0.15, 0.2) is 54.6 Å². The molecule has 0 aliphatic carbocycles. The Hall–Kier alpha value is -2.42. The lowest BCUT2D eigenvalue weighted by Crippen LogP contribution is -2.03. The van der Waals surface area contributed by atoms with Crippen molar-refractivity contribution < 1.29 is 14.3 Å². The predicted octanol–water partition coefficient (Wildman–Crippen LogP) is 5.44. The molecular formula is C22H26O3. The highest BCUT2D eigenvalue weighted by atomic mass is 16.5. The molecule has 2 aromatic rings. The third-order valence-corrected chi connectivity index (χ3v) is 4.15. The van der Waals surface area contributed by atoms with E-state index in [2.05, 4.69) is 12.1 Å².